The Morgan fingerprint density at radius 3 is 2.67 bits per heavy atom. The minimum Gasteiger partial charge on any atom is -0.378 e. The third kappa shape index (κ3) is 4.96. The summed E-state index contributed by atoms with van der Waals surface area (Å²) in [7, 11) is -3.21. The Balaban J connectivity index is 1.77. The summed E-state index contributed by atoms with van der Waals surface area (Å²) >= 11 is 0. The van der Waals surface area contributed by atoms with Crippen molar-refractivity contribution in [2.24, 2.45) is 0 Å². The predicted molar refractivity (Wildman–Crippen MR) is 112 cm³/mol. The Labute approximate surface area is 173 Å². The highest BCUT2D eigenvalue weighted by Gasteiger charge is 2.21. The average molecular weight is 431 g/mol. The molecular weight excluding hydrogens is 410 g/mol. The molecule has 0 aliphatic heterocycles. The molecule has 0 fully saturated rings. The molecule has 0 aromatic carbocycles. The van der Waals surface area contributed by atoms with Gasteiger partial charge in [0.05, 0.1) is 22.9 Å². The highest BCUT2D eigenvalue weighted by Crippen LogP contribution is 2.33. The van der Waals surface area contributed by atoms with Crippen LogP contribution in [0.5, 0.6) is 0 Å². The first kappa shape index (κ1) is 21.3. The van der Waals surface area contributed by atoms with E-state index in [9.17, 15) is 18.5 Å². The number of hydrogen-bond acceptors (Lipinski definition) is 8. The van der Waals surface area contributed by atoms with Crippen molar-refractivity contribution in [1.29, 1.82) is 0 Å². The minimum absolute atomic E-state index is 0.108. The van der Waals surface area contributed by atoms with E-state index < -0.39 is 14.9 Å². The van der Waals surface area contributed by atoms with Gasteiger partial charge in [-0.25, -0.2) is 27.8 Å². The molecule has 3 heterocycles. The third-order valence-electron chi connectivity index (χ3n) is 4.54. The molecule has 0 spiro atoms. The smallest absolute Gasteiger partial charge is 0.319 e. The molecule has 0 saturated heterocycles. The van der Waals surface area contributed by atoms with E-state index in [2.05, 4.69) is 19.8 Å². The topological polar surface area (TPSA) is 159 Å². The molecule has 12 heteroatoms. The lowest BCUT2D eigenvalue weighted by Crippen LogP contribution is -2.23. The van der Waals surface area contributed by atoms with E-state index in [4.69, 9.17) is 5.73 Å². The number of rotatable bonds is 8. The normalized spacial score (nSPS) is 12.6. The van der Waals surface area contributed by atoms with Crippen molar-refractivity contribution in [3.63, 3.8) is 0 Å². The van der Waals surface area contributed by atoms with Crippen molar-refractivity contribution in [3.05, 3.63) is 58.7 Å². The van der Waals surface area contributed by atoms with Crippen LogP contribution in [0.3, 0.4) is 0 Å². The SMILES string of the molecule is CC(CCNS(C)(=O)=O)c1ccc(-n2cc(-c3ccnc(N)c3[N+](=O)[O-])cn2)nc1. The molecule has 158 valence electrons. The molecular formula is C18H21N7O4S. The summed E-state index contributed by atoms with van der Waals surface area (Å²) in [5.74, 6) is 0.486. The van der Waals surface area contributed by atoms with Gasteiger partial charge in [0.2, 0.25) is 15.8 Å². The number of sulfonamides is 1. The summed E-state index contributed by atoms with van der Waals surface area (Å²) in [5, 5.41) is 15.6. The van der Waals surface area contributed by atoms with Gasteiger partial charge in [-0.3, -0.25) is 10.1 Å². The fourth-order valence-corrected chi connectivity index (χ4v) is 3.42. The van der Waals surface area contributed by atoms with Gasteiger partial charge in [-0.2, -0.15) is 5.10 Å². The number of nitrogens with one attached hydrogen (secondary N) is 1. The van der Waals surface area contributed by atoms with Crippen LogP contribution in [-0.2, 0) is 10.0 Å². The highest BCUT2D eigenvalue weighted by molar-refractivity contribution is 7.88. The molecule has 3 aromatic rings. The van der Waals surface area contributed by atoms with Gasteiger partial charge in [-0.15, -0.1) is 0 Å². The number of nitrogen functional groups attached to an aromatic ring is 1. The van der Waals surface area contributed by atoms with E-state index in [0.29, 0.717) is 29.9 Å². The molecule has 30 heavy (non-hydrogen) atoms. The zero-order valence-electron chi connectivity index (χ0n) is 16.4. The lowest BCUT2D eigenvalue weighted by Gasteiger charge is -2.12. The summed E-state index contributed by atoms with van der Waals surface area (Å²) in [6.45, 7) is 2.33. The summed E-state index contributed by atoms with van der Waals surface area (Å²) < 4.78 is 26.3. The molecule has 3 N–H and O–H groups in total. The Bertz CT molecular complexity index is 1160. The van der Waals surface area contributed by atoms with Crippen LogP contribution in [0.2, 0.25) is 0 Å². The van der Waals surface area contributed by atoms with Crippen LogP contribution in [0, 0.1) is 10.1 Å². The first-order chi connectivity index (χ1) is 14.2. The fraction of sp³-hybridized carbons (Fsp3) is 0.278. The number of nitro groups is 1. The first-order valence-electron chi connectivity index (χ1n) is 9.00. The van der Waals surface area contributed by atoms with Gasteiger partial charge in [-0.05, 0) is 30.0 Å². The standard InChI is InChI=1S/C18H21N7O4S/c1-12(5-8-23-30(2,28)29)13-3-4-16(21-9-13)24-11-14(10-22-24)15-6-7-20-18(19)17(15)25(26)27/h3-4,6-7,9-12,23H,5,8H2,1-2H3,(H2,19,20). The molecule has 0 aliphatic carbocycles. The van der Waals surface area contributed by atoms with E-state index in [1.165, 1.54) is 23.1 Å². The number of aromatic nitrogens is 4. The van der Waals surface area contributed by atoms with Crippen molar-refractivity contribution in [3.8, 4) is 16.9 Å². The van der Waals surface area contributed by atoms with Crippen LogP contribution in [0.15, 0.2) is 43.0 Å². The van der Waals surface area contributed by atoms with Gasteiger partial charge >= 0.3 is 5.69 Å². The second kappa shape index (κ2) is 8.55. The Morgan fingerprint density at radius 2 is 2.03 bits per heavy atom. The first-order valence-corrected chi connectivity index (χ1v) is 10.9. The zero-order chi connectivity index (χ0) is 21.9. The lowest BCUT2D eigenvalue weighted by molar-refractivity contribution is -0.383. The number of pyridine rings is 2. The molecule has 3 aromatic heterocycles. The van der Waals surface area contributed by atoms with E-state index in [1.807, 2.05) is 13.0 Å². The zero-order valence-corrected chi connectivity index (χ0v) is 17.2. The molecule has 0 bridgehead atoms. The Morgan fingerprint density at radius 1 is 1.27 bits per heavy atom. The maximum atomic E-state index is 11.3. The van der Waals surface area contributed by atoms with Gasteiger partial charge in [-0.1, -0.05) is 13.0 Å². The molecule has 11 nitrogen and oxygen atoms in total. The number of anilines is 1. The summed E-state index contributed by atoms with van der Waals surface area (Å²) in [4.78, 5) is 18.9. The number of nitrogens with zero attached hydrogens (tertiary/aromatic N) is 5. The van der Waals surface area contributed by atoms with Gasteiger partial charge in [0, 0.05) is 30.7 Å². The van der Waals surface area contributed by atoms with Gasteiger partial charge < -0.3 is 5.73 Å². The lowest BCUT2D eigenvalue weighted by atomic mass is 10.00. The predicted octanol–water partition coefficient (Wildman–Crippen LogP) is 1.86. The van der Waals surface area contributed by atoms with Crippen LogP contribution in [0.1, 0.15) is 24.8 Å². The maximum Gasteiger partial charge on any atom is 0.319 e. The van der Waals surface area contributed by atoms with Crippen molar-refractivity contribution in [2.45, 2.75) is 19.3 Å². The molecule has 0 aliphatic rings. The molecule has 0 amide bonds. The van der Waals surface area contributed by atoms with E-state index in [1.54, 1.807) is 18.5 Å². The molecule has 0 radical (unpaired) electrons. The molecule has 1 unspecified atom stereocenters. The molecule has 0 saturated carbocycles. The van der Waals surface area contributed by atoms with Crippen molar-refractivity contribution in [2.75, 3.05) is 18.5 Å². The quantitative estimate of drug-likeness (QED) is 0.404. The third-order valence-corrected chi connectivity index (χ3v) is 5.27. The van der Waals surface area contributed by atoms with Gasteiger partial charge in [0.15, 0.2) is 5.82 Å². The van der Waals surface area contributed by atoms with Crippen molar-refractivity contribution in [1.82, 2.24) is 24.5 Å². The maximum absolute atomic E-state index is 11.3. The highest BCUT2D eigenvalue weighted by atomic mass is 32.2. The van der Waals surface area contributed by atoms with Crippen LogP contribution < -0.4 is 10.5 Å². The number of nitrogens with two attached hydrogens (primary N) is 1. The second-order valence-electron chi connectivity index (χ2n) is 6.83. The van der Waals surface area contributed by atoms with Crippen molar-refractivity contribution >= 4 is 21.5 Å². The average Bonchev–Trinajstić information content (AvgIpc) is 3.16. The second-order valence-corrected chi connectivity index (χ2v) is 8.66. The van der Waals surface area contributed by atoms with Crippen LogP contribution in [0.4, 0.5) is 11.5 Å². The Kier molecular flexibility index (Phi) is 6.08. The summed E-state index contributed by atoms with van der Waals surface area (Å²) in [6.07, 6.45) is 7.99. The monoisotopic (exact) mass is 431 g/mol. The largest absolute Gasteiger partial charge is 0.378 e. The fourth-order valence-electron chi connectivity index (χ4n) is 2.93. The summed E-state index contributed by atoms with van der Waals surface area (Å²) in [6, 6.07) is 5.18. The number of hydrogen-bond donors (Lipinski definition) is 2. The van der Waals surface area contributed by atoms with Gasteiger partial charge in [0.25, 0.3) is 0 Å². The summed E-state index contributed by atoms with van der Waals surface area (Å²) in [5.41, 5.74) is 7.18. The van der Waals surface area contributed by atoms with E-state index in [-0.39, 0.29) is 17.4 Å². The Hall–Kier alpha value is -3.38. The van der Waals surface area contributed by atoms with Crippen molar-refractivity contribution < 1.29 is 13.3 Å². The molecule has 1 atom stereocenters. The van der Waals surface area contributed by atoms with Crippen LogP contribution in [0.25, 0.3) is 16.9 Å². The van der Waals surface area contributed by atoms with Crippen LogP contribution >= 0.6 is 0 Å². The van der Waals surface area contributed by atoms with Crippen LogP contribution in [-0.4, -0.2) is 45.9 Å². The van der Waals surface area contributed by atoms with E-state index in [0.717, 1.165) is 11.8 Å². The molecule has 3 rings (SSSR count). The minimum atomic E-state index is -3.21. The van der Waals surface area contributed by atoms with Gasteiger partial charge in [0.1, 0.15) is 0 Å². The van der Waals surface area contributed by atoms with E-state index >= 15 is 0 Å².